The van der Waals surface area contributed by atoms with Gasteiger partial charge in [0.1, 0.15) is 0 Å². The van der Waals surface area contributed by atoms with Crippen LogP contribution in [-0.4, -0.2) is 26.7 Å². The van der Waals surface area contributed by atoms with Gasteiger partial charge in [-0.2, -0.15) is 5.10 Å². The van der Waals surface area contributed by atoms with E-state index in [1.54, 1.807) is 11.8 Å². The standard InChI is InChI=1S/C9H16N2OS/c1-7-6-9(11(3)10-7)13-5-4-8(2)12/h6,8,12H,4-5H2,1-3H3. The number of aromatic nitrogens is 2. The predicted octanol–water partition coefficient (Wildman–Crippen LogP) is 1.59. The molecule has 0 saturated heterocycles. The van der Waals surface area contributed by atoms with Crippen molar-refractivity contribution in [3.63, 3.8) is 0 Å². The van der Waals surface area contributed by atoms with Gasteiger partial charge in [0.25, 0.3) is 0 Å². The largest absolute Gasteiger partial charge is 0.393 e. The van der Waals surface area contributed by atoms with Gasteiger partial charge in [0.05, 0.1) is 16.8 Å². The van der Waals surface area contributed by atoms with E-state index in [1.807, 2.05) is 25.6 Å². The van der Waals surface area contributed by atoms with Crippen molar-refractivity contribution in [1.82, 2.24) is 9.78 Å². The molecule has 0 aliphatic carbocycles. The van der Waals surface area contributed by atoms with E-state index >= 15 is 0 Å². The first kappa shape index (κ1) is 10.6. The number of nitrogens with zero attached hydrogens (tertiary/aromatic N) is 2. The average Bonchev–Trinajstić information content (AvgIpc) is 2.29. The van der Waals surface area contributed by atoms with E-state index < -0.39 is 0 Å². The second-order valence-corrected chi connectivity index (χ2v) is 4.35. The molecule has 13 heavy (non-hydrogen) atoms. The van der Waals surface area contributed by atoms with Crippen LogP contribution in [0.5, 0.6) is 0 Å². The highest BCUT2D eigenvalue weighted by molar-refractivity contribution is 7.99. The molecule has 1 rings (SSSR count). The van der Waals surface area contributed by atoms with Crippen molar-refractivity contribution in [2.45, 2.75) is 31.4 Å². The first-order valence-electron chi connectivity index (χ1n) is 4.41. The molecule has 0 aliphatic rings. The van der Waals surface area contributed by atoms with Gasteiger partial charge in [-0.3, -0.25) is 4.68 Å². The Labute approximate surface area is 83.1 Å². The Kier molecular flexibility index (Phi) is 3.81. The molecule has 1 unspecified atom stereocenters. The summed E-state index contributed by atoms with van der Waals surface area (Å²) in [7, 11) is 1.94. The van der Waals surface area contributed by atoms with Crippen molar-refractivity contribution in [2.75, 3.05) is 5.75 Å². The lowest BCUT2D eigenvalue weighted by molar-refractivity contribution is 0.192. The summed E-state index contributed by atoms with van der Waals surface area (Å²) < 4.78 is 1.88. The summed E-state index contributed by atoms with van der Waals surface area (Å²) >= 11 is 1.74. The van der Waals surface area contributed by atoms with Crippen LogP contribution in [0, 0.1) is 6.92 Å². The smallest absolute Gasteiger partial charge is 0.0939 e. The van der Waals surface area contributed by atoms with E-state index in [4.69, 9.17) is 5.11 Å². The van der Waals surface area contributed by atoms with Crippen LogP contribution >= 0.6 is 11.8 Å². The van der Waals surface area contributed by atoms with E-state index in [9.17, 15) is 0 Å². The van der Waals surface area contributed by atoms with Crippen molar-refractivity contribution in [2.24, 2.45) is 7.05 Å². The molecule has 0 amide bonds. The number of thioether (sulfide) groups is 1. The van der Waals surface area contributed by atoms with Gasteiger partial charge in [0.2, 0.25) is 0 Å². The summed E-state index contributed by atoms with van der Waals surface area (Å²) in [6.45, 7) is 3.80. The summed E-state index contributed by atoms with van der Waals surface area (Å²) in [5, 5.41) is 14.5. The lowest BCUT2D eigenvalue weighted by Gasteiger charge is -2.03. The van der Waals surface area contributed by atoms with Gasteiger partial charge < -0.3 is 5.11 Å². The number of aliphatic hydroxyl groups is 1. The Hall–Kier alpha value is -0.480. The highest BCUT2D eigenvalue weighted by Gasteiger charge is 2.03. The molecule has 1 aromatic heterocycles. The van der Waals surface area contributed by atoms with E-state index in [-0.39, 0.29) is 6.10 Å². The fraction of sp³-hybridized carbons (Fsp3) is 0.667. The van der Waals surface area contributed by atoms with Gasteiger partial charge in [0, 0.05) is 12.8 Å². The zero-order chi connectivity index (χ0) is 9.84. The van der Waals surface area contributed by atoms with Crippen molar-refractivity contribution < 1.29 is 5.11 Å². The van der Waals surface area contributed by atoms with Crippen LogP contribution < -0.4 is 0 Å². The van der Waals surface area contributed by atoms with Crippen LogP contribution in [0.4, 0.5) is 0 Å². The minimum Gasteiger partial charge on any atom is -0.393 e. The third-order valence-corrected chi connectivity index (χ3v) is 2.86. The molecular weight excluding hydrogens is 184 g/mol. The SMILES string of the molecule is Cc1cc(SCCC(C)O)n(C)n1. The van der Waals surface area contributed by atoms with Crippen molar-refractivity contribution in [3.8, 4) is 0 Å². The zero-order valence-corrected chi connectivity index (χ0v) is 9.14. The number of hydrogen-bond donors (Lipinski definition) is 1. The molecule has 0 fully saturated rings. The van der Waals surface area contributed by atoms with Gasteiger partial charge in [0.15, 0.2) is 0 Å². The quantitative estimate of drug-likeness (QED) is 0.750. The minimum absolute atomic E-state index is 0.207. The maximum absolute atomic E-state index is 9.07. The van der Waals surface area contributed by atoms with Crippen LogP contribution in [0.2, 0.25) is 0 Å². The Morgan fingerprint density at radius 3 is 2.85 bits per heavy atom. The second-order valence-electron chi connectivity index (χ2n) is 3.23. The molecule has 1 atom stereocenters. The van der Waals surface area contributed by atoms with E-state index in [1.165, 1.54) is 0 Å². The summed E-state index contributed by atoms with van der Waals surface area (Å²) in [5.41, 5.74) is 1.04. The number of hydrogen-bond acceptors (Lipinski definition) is 3. The molecule has 0 aromatic carbocycles. The highest BCUT2D eigenvalue weighted by Crippen LogP contribution is 2.19. The minimum atomic E-state index is -0.207. The fourth-order valence-electron chi connectivity index (χ4n) is 1.06. The van der Waals surface area contributed by atoms with E-state index in [0.717, 1.165) is 22.9 Å². The number of aryl methyl sites for hydroxylation is 2. The summed E-state index contributed by atoms with van der Waals surface area (Å²) in [6.07, 6.45) is 0.622. The molecule has 4 heteroatoms. The van der Waals surface area contributed by atoms with Gasteiger partial charge in [-0.05, 0) is 26.3 Å². The summed E-state index contributed by atoms with van der Waals surface area (Å²) in [4.78, 5) is 0. The molecule has 0 bridgehead atoms. The van der Waals surface area contributed by atoms with Crippen molar-refractivity contribution in [1.29, 1.82) is 0 Å². The lowest BCUT2D eigenvalue weighted by Crippen LogP contribution is -2.01. The lowest BCUT2D eigenvalue weighted by atomic mass is 10.3. The monoisotopic (exact) mass is 200 g/mol. The normalized spacial score (nSPS) is 13.2. The Bertz CT molecular complexity index is 271. The molecule has 0 spiro atoms. The molecule has 0 aliphatic heterocycles. The predicted molar refractivity (Wildman–Crippen MR) is 55.0 cm³/mol. The van der Waals surface area contributed by atoms with Crippen molar-refractivity contribution >= 4 is 11.8 Å². The Morgan fingerprint density at radius 2 is 2.38 bits per heavy atom. The van der Waals surface area contributed by atoms with Crippen LogP contribution in [0.1, 0.15) is 19.0 Å². The van der Waals surface area contributed by atoms with E-state index in [0.29, 0.717) is 0 Å². The highest BCUT2D eigenvalue weighted by atomic mass is 32.2. The maximum atomic E-state index is 9.07. The number of rotatable bonds is 4. The Morgan fingerprint density at radius 1 is 1.69 bits per heavy atom. The van der Waals surface area contributed by atoms with Crippen LogP contribution in [0.3, 0.4) is 0 Å². The first-order valence-corrected chi connectivity index (χ1v) is 5.39. The topological polar surface area (TPSA) is 38.0 Å². The van der Waals surface area contributed by atoms with Crippen LogP contribution in [-0.2, 0) is 7.05 Å². The van der Waals surface area contributed by atoms with Gasteiger partial charge in [-0.15, -0.1) is 11.8 Å². The van der Waals surface area contributed by atoms with E-state index in [2.05, 4.69) is 11.2 Å². The molecule has 3 nitrogen and oxygen atoms in total. The zero-order valence-electron chi connectivity index (χ0n) is 8.32. The fourth-order valence-corrected chi connectivity index (χ4v) is 2.21. The Balaban J connectivity index is 2.40. The maximum Gasteiger partial charge on any atom is 0.0939 e. The second kappa shape index (κ2) is 4.67. The number of aliphatic hydroxyl groups excluding tert-OH is 1. The van der Waals surface area contributed by atoms with Crippen LogP contribution in [0.15, 0.2) is 11.1 Å². The van der Waals surface area contributed by atoms with Gasteiger partial charge in [-0.25, -0.2) is 0 Å². The molecule has 1 N–H and O–H groups in total. The molecule has 0 radical (unpaired) electrons. The summed E-state index contributed by atoms with van der Waals surface area (Å²) in [5.74, 6) is 0.941. The molecule has 0 saturated carbocycles. The molecule has 1 aromatic rings. The molecule has 74 valence electrons. The third kappa shape index (κ3) is 3.40. The molecule has 1 heterocycles. The molecular formula is C9H16N2OS. The van der Waals surface area contributed by atoms with Crippen LogP contribution in [0.25, 0.3) is 0 Å². The van der Waals surface area contributed by atoms with Gasteiger partial charge in [-0.1, -0.05) is 0 Å². The third-order valence-electron chi connectivity index (χ3n) is 1.74. The summed E-state index contributed by atoms with van der Waals surface area (Å²) in [6, 6.07) is 2.06. The average molecular weight is 200 g/mol. The van der Waals surface area contributed by atoms with Gasteiger partial charge >= 0.3 is 0 Å². The van der Waals surface area contributed by atoms with Crippen molar-refractivity contribution in [3.05, 3.63) is 11.8 Å². The first-order chi connectivity index (χ1) is 6.09.